The molecule has 19 heavy (non-hydrogen) atoms. The normalized spacial score (nSPS) is 24.0. The molecule has 0 radical (unpaired) electrons. The molecule has 2 unspecified atom stereocenters. The van der Waals surface area contributed by atoms with Crippen molar-refractivity contribution >= 4 is 16.0 Å². The third-order valence-electron chi connectivity index (χ3n) is 3.44. The van der Waals surface area contributed by atoms with Crippen LogP contribution >= 0.6 is 0 Å². The molecule has 1 aliphatic carbocycles. The molecule has 0 spiro atoms. The van der Waals surface area contributed by atoms with Crippen molar-refractivity contribution in [1.82, 2.24) is 4.72 Å². The van der Waals surface area contributed by atoms with Gasteiger partial charge in [-0.3, -0.25) is 4.79 Å². The molecule has 0 saturated heterocycles. The van der Waals surface area contributed by atoms with Crippen LogP contribution in [0.1, 0.15) is 25.7 Å². The Morgan fingerprint density at radius 3 is 2.42 bits per heavy atom. The number of hydrogen-bond donors (Lipinski definition) is 2. The topological polar surface area (TPSA) is 83.5 Å². The van der Waals surface area contributed by atoms with E-state index in [0.717, 1.165) is 12.8 Å². The van der Waals surface area contributed by atoms with Gasteiger partial charge in [-0.2, -0.15) is 0 Å². The number of aliphatic carboxylic acids is 1. The van der Waals surface area contributed by atoms with E-state index in [-0.39, 0.29) is 4.90 Å². The Kier molecular flexibility index (Phi) is 4.21. The fraction of sp³-hybridized carbons (Fsp3) is 0.462. The Hall–Kier alpha value is -1.40. The second-order valence-corrected chi connectivity index (χ2v) is 6.48. The van der Waals surface area contributed by atoms with Gasteiger partial charge in [0.25, 0.3) is 0 Å². The molecular weight excluding hydrogens is 266 g/mol. The summed E-state index contributed by atoms with van der Waals surface area (Å²) in [6, 6.07) is 7.51. The lowest BCUT2D eigenvalue weighted by atomic mass is 9.85. The first-order valence-electron chi connectivity index (χ1n) is 6.31. The summed E-state index contributed by atoms with van der Waals surface area (Å²) in [6.07, 6.45) is 2.78. The molecule has 1 saturated carbocycles. The molecule has 2 atom stereocenters. The van der Waals surface area contributed by atoms with Gasteiger partial charge in [0.15, 0.2) is 0 Å². The minimum Gasteiger partial charge on any atom is -0.481 e. The standard InChI is InChI=1S/C13H17NO4S/c15-13(16)11-8-4-5-9-12(11)14-19(17,18)10-6-2-1-3-7-10/h1-3,6-7,11-12,14H,4-5,8-9H2,(H,15,16). The first-order chi connectivity index (χ1) is 9.00. The highest BCUT2D eigenvalue weighted by molar-refractivity contribution is 7.89. The maximum atomic E-state index is 12.2. The van der Waals surface area contributed by atoms with E-state index in [1.54, 1.807) is 18.2 Å². The van der Waals surface area contributed by atoms with Crippen molar-refractivity contribution < 1.29 is 18.3 Å². The Labute approximate surface area is 112 Å². The Morgan fingerprint density at radius 1 is 1.16 bits per heavy atom. The van der Waals surface area contributed by atoms with Gasteiger partial charge in [0.2, 0.25) is 10.0 Å². The SMILES string of the molecule is O=C(O)C1CCCCC1NS(=O)(=O)c1ccccc1. The monoisotopic (exact) mass is 283 g/mol. The Morgan fingerprint density at radius 2 is 1.79 bits per heavy atom. The summed E-state index contributed by atoms with van der Waals surface area (Å²) in [7, 11) is -3.64. The lowest BCUT2D eigenvalue weighted by Crippen LogP contribution is -2.44. The fourth-order valence-corrected chi connectivity index (χ4v) is 3.77. The Balaban J connectivity index is 2.17. The third kappa shape index (κ3) is 3.33. The van der Waals surface area contributed by atoms with Crippen LogP contribution in [0.2, 0.25) is 0 Å². The van der Waals surface area contributed by atoms with Crippen LogP contribution in [0.4, 0.5) is 0 Å². The van der Waals surface area contributed by atoms with Crippen molar-refractivity contribution in [3.63, 3.8) is 0 Å². The lowest BCUT2D eigenvalue weighted by molar-refractivity contribution is -0.143. The van der Waals surface area contributed by atoms with Crippen LogP contribution in [0.5, 0.6) is 0 Å². The lowest BCUT2D eigenvalue weighted by Gasteiger charge is -2.28. The van der Waals surface area contributed by atoms with Gasteiger partial charge in [-0.15, -0.1) is 0 Å². The van der Waals surface area contributed by atoms with Gasteiger partial charge in [-0.05, 0) is 25.0 Å². The van der Waals surface area contributed by atoms with E-state index in [0.29, 0.717) is 12.8 Å². The largest absolute Gasteiger partial charge is 0.481 e. The molecule has 0 heterocycles. The molecule has 0 aromatic heterocycles. The van der Waals surface area contributed by atoms with Crippen molar-refractivity contribution in [3.05, 3.63) is 30.3 Å². The van der Waals surface area contributed by atoms with E-state index < -0.39 is 28.0 Å². The average Bonchev–Trinajstić information content (AvgIpc) is 2.39. The molecule has 2 rings (SSSR count). The molecule has 104 valence electrons. The number of nitrogens with one attached hydrogen (secondary N) is 1. The first kappa shape index (κ1) is 14.0. The molecule has 0 bridgehead atoms. The quantitative estimate of drug-likeness (QED) is 0.879. The van der Waals surface area contributed by atoms with E-state index >= 15 is 0 Å². The van der Waals surface area contributed by atoms with Crippen LogP contribution in [0.15, 0.2) is 35.2 Å². The molecule has 2 N–H and O–H groups in total. The van der Waals surface area contributed by atoms with Crippen molar-refractivity contribution in [3.8, 4) is 0 Å². The smallest absolute Gasteiger partial charge is 0.308 e. The molecule has 1 aliphatic rings. The second-order valence-electron chi connectivity index (χ2n) is 4.77. The fourth-order valence-electron chi connectivity index (χ4n) is 2.43. The van der Waals surface area contributed by atoms with E-state index in [2.05, 4.69) is 4.72 Å². The zero-order valence-corrected chi connectivity index (χ0v) is 11.3. The highest BCUT2D eigenvalue weighted by Gasteiger charge is 2.33. The average molecular weight is 283 g/mol. The number of hydrogen-bond acceptors (Lipinski definition) is 3. The predicted molar refractivity (Wildman–Crippen MR) is 70.1 cm³/mol. The summed E-state index contributed by atoms with van der Waals surface area (Å²) in [5.74, 6) is -1.56. The zero-order valence-electron chi connectivity index (χ0n) is 10.5. The van der Waals surface area contributed by atoms with Gasteiger partial charge in [0.1, 0.15) is 0 Å². The maximum Gasteiger partial charge on any atom is 0.308 e. The van der Waals surface area contributed by atoms with Gasteiger partial charge in [0, 0.05) is 6.04 Å². The summed E-state index contributed by atoms with van der Waals surface area (Å²) in [4.78, 5) is 11.3. The van der Waals surface area contributed by atoms with Crippen molar-refractivity contribution in [2.75, 3.05) is 0 Å². The van der Waals surface area contributed by atoms with Gasteiger partial charge < -0.3 is 5.11 Å². The number of carbonyl (C=O) groups is 1. The third-order valence-corrected chi connectivity index (χ3v) is 4.95. The molecule has 0 amide bonds. The Bertz CT molecular complexity index is 541. The highest BCUT2D eigenvalue weighted by Crippen LogP contribution is 2.26. The first-order valence-corrected chi connectivity index (χ1v) is 7.79. The summed E-state index contributed by atoms with van der Waals surface area (Å²) in [5, 5.41) is 9.14. The van der Waals surface area contributed by atoms with Crippen molar-refractivity contribution in [2.45, 2.75) is 36.6 Å². The number of carboxylic acid groups (broad SMARTS) is 1. The summed E-state index contributed by atoms with van der Waals surface area (Å²) < 4.78 is 26.9. The highest BCUT2D eigenvalue weighted by atomic mass is 32.2. The van der Waals surface area contributed by atoms with E-state index in [4.69, 9.17) is 5.11 Å². The number of carboxylic acids is 1. The molecule has 5 nitrogen and oxygen atoms in total. The van der Waals surface area contributed by atoms with Crippen LogP contribution in [-0.4, -0.2) is 25.5 Å². The summed E-state index contributed by atoms with van der Waals surface area (Å²) in [6.45, 7) is 0. The second kappa shape index (κ2) is 5.71. The molecule has 1 aromatic rings. The maximum absolute atomic E-state index is 12.2. The van der Waals surface area contributed by atoms with E-state index in [9.17, 15) is 13.2 Å². The summed E-state index contributed by atoms with van der Waals surface area (Å²) in [5.41, 5.74) is 0. The van der Waals surface area contributed by atoms with Crippen LogP contribution in [0.25, 0.3) is 0 Å². The summed E-state index contributed by atoms with van der Waals surface area (Å²) >= 11 is 0. The zero-order chi connectivity index (χ0) is 13.9. The van der Waals surface area contributed by atoms with Crippen LogP contribution < -0.4 is 4.72 Å². The molecule has 0 aliphatic heterocycles. The number of sulfonamides is 1. The van der Waals surface area contributed by atoms with Crippen molar-refractivity contribution in [1.29, 1.82) is 0 Å². The molecule has 1 aromatic carbocycles. The van der Waals surface area contributed by atoms with Gasteiger partial charge >= 0.3 is 5.97 Å². The number of benzene rings is 1. The van der Waals surface area contributed by atoms with Gasteiger partial charge in [-0.1, -0.05) is 31.0 Å². The van der Waals surface area contributed by atoms with E-state index in [1.807, 2.05) is 0 Å². The minimum atomic E-state index is -3.64. The van der Waals surface area contributed by atoms with Gasteiger partial charge in [0.05, 0.1) is 10.8 Å². The van der Waals surface area contributed by atoms with Crippen molar-refractivity contribution in [2.24, 2.45) is 5.92 Å². The molecule has 1 fully saturated rings. The molecule has 6 heteroatoms. The number of rotatable bonds is 4. The minimum absolute atomic E-state index is 0.171. The van der Waals surface area contributed by atoms with Crippen LogP contribution in [0.3, 0.4) is 0 Å². The predicted octanol–water partition coefficient (Wildman–Crippen LogP) is 1.61. The van der Waals surface area contributed by atoms with Gasteiger partial charge in [-0.25, -0.2) is 13.1 Å². The molecular formula is C13H17NO4S. The van der Waals surface area contributed by atoms with E-state index in [1.165, 1.54) is 12.1 Å². The van der Waals surface area contributed by atoms with Crippen LogP contribution in [0, 0.1) is 5.92 Å². The van der Waals surface area contributed by atoms with Crippen LogP contribution in [-0.2, 0) is 14.8 Å².